The third-order valence-electron chi connectivity index (χ3n) is 3.90. The molecular weight excluding hydrogens is 236 g/mol. The zero-order valence-electron chi connectivity index (χ0n) is 11.6. The molecule has 3 heterocycles. The van der Waals surface area contributed by atoms with Crippen molar-refractivity contribution >= 4 is 0 Å². The van der Waals surface area contributed by atoms with Gasteiger partial charge in [-0.1, -0.05) is 13.0 Å². The maximum Gasteiger partial charge on any atom is 0.138 e. The molecule has 1 atom stereocenters. The molecule has 1 aliphatic heterocycles. The van der Waals surface area contributed by atoms with Crippen molar-refractivity contribution in [2.45, 2.75) is 32.2 Å². The van der Waals surface area contributed by atoms with Crippen LogP contribution in [0.2, 0.25) is 0 Å². The van der Waals surface area contributed by atoms with E-state index in [2.05, 4.69) is 46.6 Å². The minimum Gasteiger partial charge on any atom is -0.298 e. The molecule has 0 aromatic carbocycles. The van der Waals surface area contributed by atoms with Crippen LogP contribution in [-0.4, -0.2) is 33.0 Å². The average Bonchev–Trinajstić information content (AvgIpc) is 3.07. The lowest BCUT2D eigenvalue weighted by Crippen LogP contribution is -2.19. The second-order valence-corrected chi connectivity index (χ2v) is 5.13. The van der Waals surface area contributed by atoms with Gasteiger partial charge in [0.25, 0.3) is 0 Å². The van der Waals surface area contributed by atoms with E-state index in [9.17, 15) is 0 Å². The third kappa shape index (κ3) is 2.28. The number of rotatable bonds is 3. The van der Waals surface area contributed by atoms with Crippen LogP contribution in [0.3, 0.4) is 0 Å². The Morgan fingerprint density at radius 3 is 3.00 bits per heavy atom. The van der Waals surface area contributed by atoms with Crippen molar-refractivity contribution < 1.29 is 0 Å². The first kappa shape index (κ1) is 12.4. The topological polar surface area (TPSA) is 34.0 Å². The fraction of sp³-hybridized carbons (Fsp3) is 0.467. The Labute approximate surface area is 114 Å². The molecule has 4 heteroatoms. The van der Waals surface area contributed by atoms with Gasteiger partial charge in [0, 0.05) is 18.8 Å². The van der Waals surface area contributed by atoms with Gasteiger partial charge in [0.05, 0.1) is 11.7 Å². The molecule has 0 unspecified atom stereocenters. The zero-order chi connectivity index (χ0) is 13.2. The van der Waals surface area contributed by atoms with Gasteiger partial charge in [-0.05, 0) is 38.6 Å². The lowest BCUT2D eigenvalue weighted by molar-refractivity contribution is 0.312. The van der Waals surface area contributed by atoms with Crippen LogP contribution in [0.4, 0.5) is 0 Å². The van der Waals surface area contributed by atoms with E-state index in [1.807, 2.05) is 12.4 Å². The van der Waals surface area contributed by atoms with Gasteiger partial charge >= 0.3 is 0 Å². The van der Waals surface area contributed by atoms with Crippen molar-refractivity contribution in [1.29, 1.82) is 0 Å². The summed E-state index contributed by atoms with van der Waals surface area (Å²) < 4.78 is 2.08. The summed E-state index contributed by atoms with van der Waals surface area (Å²) in [6, 6.07) is 6.76. The lowest BCUT2D eigenvalue weighted by atomic mass is 10.1. The van der Waals surface area contributed by atoms with E-state index in [1.54, 1.807) is 0 Å². The number of aryl methyl sites for hydroxylation is 1. The van der Waals surface area contributed by atoms with Crippen LogP contribution in [-0.2, 0) is 6.42 Å². The molecule has 2 aromatic rings. The fourth-order valence-electron chi connectivity index (χ4n) is 2.85. The summed E-state index contributed by atoms with van der Waals surface area (Å²) in [5.74, 6) is 2.04. The van der Waals surface area contributed by atoms with Crippen LogP contribution in [0.15, 0.2) is 30.6 Å². The first-order valence-corrected chi connectivity index (χ1v) is 6.99. The standard InChI is InChI=1S/C15H20N4/c1-3-14-16-9-11-19(14)15-8-4-6-12(17-15)13-7-5-10-18(13)2/h4,6,8-9,11,13H,3,5,7,10H2,1-2H3/t13-/m0/s1. The van der Waals surface area contributed by atoms with Crippen LogP contribution in [0, 0.1) is 0 Å². The SMILES string of the molecule is CCc1nccn1-c1cccc([C@@H]2CCCN2C)n1. The van der Waals surface area contributed by atoms with E-state index in [-0.39, 0.29) is 0 Å². The summed E-state index contributed by atoms with van der Waals surface area (Å²) in [4.78, 5) is 11.6. The van der Waals surface area contributed by atoms with Gasteiger partial charge < -0.3 is 0 Å². The molecule has 1 saturated heterocycles. The maximum atomic E-state index is 4.84. The van der Waals surface area contributed by atoms with Gasteiger partial charge in [-0.3, -0.25) is 9.47 Å². The molecule has 100 valence electrons. The molecule has 19 heavy (non-hydrogen) atoms. The van der Waals surface area contributed by atoms with Crippen molar-refractivity contribution in [3.8, 4) is 5.82 Å². The van der Waals surface area contributed by atoms with E-state index in [0.29, 0.717) is 6.04 Å². The molecule has 0 aliphatic carbocycles. The van der Waals surface area contributed by atoms with Gasteiger partial charge in [-0.15, -0.1) is 0 Å². The van der Waals surface area contributed by atoms with Crippen molar-refractivity contribution in [3.05, 3.63) is 42.1 Å². The number of pyridine rings is 1. The summed E-state index contributed by atoms with van der Waals surface area (Å²) in [5.41, 5.74) is 1.17. The monoisotopic (exact) mass is 256 g/mol. The molecule has 1 aliphatic rings. The molecule has 1 fully saturated rings. The Kier molecular flexibility index (Phi) is 3.34. The Bertz CT molecular complexity index is 561. The second-order valence-electron chi connectivity index (χ2n) is 5.13. The largest absolute Gasteiger partial charge is 0.298 e. The van der Waals surface area contributed by atoms with Gasteiger partial charge in [0.2, 0.25) is 0 Å². The lowest BCUT2D eigenvalue weighted by Gasteiger charge is -2.19. The fourth-order valence-corrected chi connectivity index (χ4v) is 2.85. The normalized spacial score (nSPS) is 20.0. The Hall–Kier alpha value is -1.68. The smallest absolute Gasteiger partial charge is 0.138 e. The van der Waals surface area contributed by atoms with E-state index in [4.69, 9.17) is 4.98 Å². The first-order chi connectivity index (χ1) is 9.29. The van der Waals surface area contributed by atoms with Crippen molar-refractivity contribution in [1.82, 2.24) is 19.4 Å². The summed E-state index contributed by atoms with van der Waals surface area (Å²) in [6.07, 6.45) is 7.22. The third-order valence-corrected chi connectivity index (χ3v) is 3.90. The van der Waals surface area contributed by atoms with Gasteiger partial charge in [-0.25, -0.2) is 9.97 Å². The predicted octanol–water partition coefficient (Wildman–Crippen LogP) is 2.60. The number of hydrogen-bond acceptors (Lipinski definition) is 3. The van der Waals surface area contributed by atoms with Crippen molar-refractivity contribution in [2.24, 2.45) is 0 Å². The summed E-state index contributed by atoms with van der Waals surface area (Å²) in [7, 11) is 2.18. The van der Waals surface area contributed by atoms with E-state index < -0.39 is 0 Å². The minimum atomic E-state index is 0.466. The molecular formula is C15H20N4. The second kappa shape index (κ2) is 5.13. The molecule has 0 N–H and O–H groups in total. The highest BCUT2D eigenvalue weighted by atomic mass is 15.2. The van der Waals surface area contributed by atoms with E-state index in [1.165, 1.54) is 25.1 Å². The van der Waals surface area contributed by atoms with Crippen LogP contribution in [0.1, 0.15) is 37.3 Å². The molecule has 0 spiro atoms. The molecule has 0 bridgehead atoms. The number of aromatic nitrogens is 3. The average molecular weight is 256 g/mol. The van der Waals surface area contributed by atoms with Crippen LogP contribution in [0.25, 0.3) is 5.82 Å². The van der Waals surface area contributed by atoms with E-state index in [0.717, 1.165) is 18.1 Å². The first-order valence-electron chi connectivity index (χ1n) is 6.99. The highest BCUT2D eigenvalue weighted by Gasteiger charge is 2.23. The molecule has 2 aromatic heterocycles. The number of imidazole rings is 1. The van der Waals surface area contributed by atoms with Crippen LogP contribution < -0.4 is 0 Å². The summed E-state index contributed by atoms with van der Waals surface area (Å²) in [6.45, 7) is 3.29. The Morgan fingerprint density at radius 2 is 2.26 bits per heavy atom. The van der Waals surface area contributed by atoms with Crippen LogP contribution in [0.5, 0.6) is 0 Å². The van der Waals surface area contributed by atoms with Crippen molar-refractivity contribution in [2.75, 3.05) is 13.6 Å². The predicted molar refractivity (Wildman–Crippen MR) is 75.3 cm³/mol. The Morgan fingerprint density at radius 1 is 1.37 bits per heavy atom. The minimum absolute atomic E-state index is 0.466. The quantitative estimate of drug-likeness (QED) is 0.846. The highest BCUT2D eigenvalue weighted by Crippen LogP contribution is 2.29. The van der Waals surface area contributed by atoms with Gasteiger partial charge in [0.15, 0.2) is 0 Å². The summed E-state index contributed by atoms with van der Waals surface area (Å²) >= 11 is 0. The maximum absolute atomic E-state index is 4.84. The van der Waals surface area contributed by atoms with Crippen LogP contribution >= 0.6 is 0 Å². The van der Waals surface area contributed by atoms with Gasteiger partial charge in [0.1, 0.15) is 11.6 Å². The number of nitrogens with zero attached hydrogens (tertiary/aromatic N) is 4. The molecule has 0 amide bonds. The van der Waals surface area contributed by atoms with E-state index >= 15 is 0 Å². The number of likely N-dealkylation sites (tertiary alicyclic amines) is 1. The molecule has 3 rings (SSSR count). The molecule has 0 radical (unpaired) electrons. The number of hydrogen-bond donors (Lipinski definition) is 0. The van der Waals surface area contributed by atoms with Gasteiger partial charge in [-0.2, -0.15) is 0 Å². The summed E-state index contributed by atoms with van der Waals surface area (Å²) in [5, 5.41) is 0. The molecule has 4 nitrogen and oxygen atoms in total. The van der Waals surface area contributed by atoms with Crippen molar-refractivity contribution in [3.63, 3.8) is 0 Å². The Balaban J connectivity index is 1.96. The highest BCUT2D eigenvalue weighted by molar-refractivity contribution is 5.28. The zero-order valence-corrected chi connectivity index (χ0v) is 11.6. The molecule has 0 saturated carbocycles.